The van der Waals surface area contributed by atoms with Gasteiger partial charge >= 0.3 is 6.18 Å². The molecule has 0 unspecified atom stereocenters. The Balaban J connectivity index is 1.41. The summed E-state index contributed by atoms with van der Waals surface area (Å²) in [6, 6.07) is 47.2. The monoisotopic (exact) mass is 675 g/mol. The highest BCUT2D eigenvalue weighted by molar-refractivity contribution is 6.10. The van der Waals surface area contributed by atoms with Crippen LogP contribution in [0.2, 0.25) is 0 Å². The molecule has 1 aromatic heterocycles. The van der Waals surface area contributed by atoms with Crippen molar-refractivity contribution >= 4 is 45.0 Å². The number of hydrogen-bond donors (Lipinski definition) is 0. The molecule has 0 atom stereocenters. The summed E-state index contributed by atoms with van der Waals surface area (Å²) in [5.41, 5.74) is 11.5. The highest BCUT2D eigenvalue weighted by Gasteiger charge is 2.32. The van der Waals surface area contributed by atoms with Crippen molar-refractivity contribution in [3.8, 4) is 22.4 Å². The summed E-state index contributed by atoms with van der Waals surface area (Å²) in [4.78, 5) is 9.85. The SMILES string of the molecule is Cc1ccc(N2c3ccccc3N(c3ccccc3)c3ccccc32)c2nc(-c3ccc(C(F)(F)F)cc3)cc(-c3ccc(C(C)(C)C)cc3)c12. The van der Waals surface area contributed by atoms with Crippen molar-refractivity contribution < 1.29 is 13.2 Å². The molecule has 0 fully saturated rings. The first-order valence-electron chi connectivity index (χ1n) is 17.1. The highest BCUT2D eigenvalue weighted by atomic mass is 19.4. The third-order valence-corrected chi connectivity index (χ3v) is 9.70. The zero-order valence-electron chi connectivity index (χ0n) is 28.8. The topological polar surface area (TPSA) is 19.4 Å². The van der Waals surface area contributed by atoms with Gasteiger partial charge in [-0.1, -0.05) is 106 Å². The van der Waals surface area contributed by atoms with Gasteiger partial charge in [0.2, 0.25) is 0 Å². The van der Waals surface area contributed by atoms with E-state index in [1.54, 1.807) is 0 Å². The van der Waals surface area contributed by atoms with Crippen molar-refractivity contribution in [1.82, 2.24) is 4.98 Å². The zero-order chi connectivity index (χ0) is 35.5. The summed E-state index contributed by atoms with van der Waals surface area (Å²) in [7, 11) is 0. The first kappa shape index (κ1) is 32.3. The number of halogens is 3. The van der Waals surface area contributed by atoms with Gasteiger partial charge in [-0.2, -0.15) is 13.2 Å². The second-order valence-corrected chi connectivity index (χ2v) is 14.1. The molecule has 0 aliphatic carbocycles. The number of nitrogens with zero attached hydrogens (tertiary/aromatic N) is 3. The molecule has 0 amide bonds. The van der Waals surface area contributed by atoms with E-state index in [4.69, 9.17) is 4.98 Å². The third kappa shape index (κ3) is 5.71. The largest absolute Gasteiger partial charge is 0.416 e. The van der Waals surface area contributed by atoms with Crippen LogP contribution in [0.25, 0.3) is 33.3 Å². The van der Waals surface area contributed by atoms with Crippen LogP contribution in [0, 0.1) is 6.92 Å². The summed E-state index contributed by atoms with van der Waals surface area (Å²) in [6.45, 7) is 8.66. The third-order valence-electron chi connectivity index (χ3n) is 9.70. The molecular weight excluding hydrogens is 640 g/mol. The minimum atomic E-state index is -4.43. The highest BCUT2D eigenvalue weighted by Crippen LogP contribution is 2.55. The lowest BCUT2D eigenvalue weighted by molar-refractivity contribution is -0.137. The fraction of sp³-hybridized carbons (Fsp3) is 0.133. The Kier molecular flexibility index (Phi) is 7.71. The van der Waals surface area contributed by atoms with E-state index < -0.39 is 11.7 Å². The van der Waals surface area contributed by atoms with Crippen LogP contribution in [-0.2, 0) is 11.6 Å². The molecule has 7 aromatic rings. The lowest BCUT2D eigenvalue weighted by atomic mass is 9.85. The minimum absolute atomic E-state index is 0.0179. The van der Waals surface area contributed by atoms with Crippen LogP contribution in [0.5, 0.6) is 0 Å². The summed E-state index contributed by atoms with van der Waals surface area (Å²) >= 11 is 0. The number of aromatic nitrogens is 1. The van der Waals surface area contributed by atoms with Gasteiger partial charge in [0.1, 0.15) is 0 Å². The van der Waals surface area contributed by atoms with Crippen LogP contribution < -0.4 is 9.80 Å². The van der Waals surface area contributed by atoms with E-state index in [1.165, 1.54) is 17.7 Å². The Labute approximate surface area is 296 Å². The summed E-state index contributed by atoms with van der Waals surface area (Å²) < 4.78 is 40.8. The van der Waals surface area contributed by atoms with Gasteiger partial charge in [0, 0.05) is 16.6 Å². The standard InChI is InChI=1S/C45H36F3N3/c1-29-18-27-41(51-39-16-10-8-14-37(39)50(34-12-6-5-7-13-34)38-15-9-11-17-40(38)51)43-42(29)35(30-19-23-32(24-20-30)44(2,3)4)28-36(49-43)31-21-25-33(26-22-31)45(46,47)48/h5-28H,1-4H3. The van der Waals surface area contributed by atoms with Crippen molar-refractivity contribution in [2.45, 2.75) is 39.3 Å². The molecule has 1 aliphatic heterocycles. The molecule has 0 saturated heterocycles. The number of pyridine rings is 1. The van der Waals surface area contributed by atoms with Gasteiger partial charge in [0.25, 0.3) is 0 Å². The number of rotatable bonds is 4. The normalized spacial score (nSPS) is 12.9. The molecule has 1 aliphatic rings. The molecule has 8 rings (SSSR count). The van der Waals surface area contributed by atoms with E-state index in [-0.39, 0.29) is 5.41 Å². The second kappa shape index (κ2) is 12.2. The van der Waals surface area contributed by atoms with E-state index in [2.05, 4.69) is 122 Å². The van der Waals surface area contributed by atoms with Crippen LogP contribution in [0.1, 0.15) is 37.5 Å². The number of aryl methyl sites for hydroxylation is 1. The molecule has 0 saturated carbocycles. The average Bonchev–Trinajstić information content (AvgIpc) is 3.13. The van der Waals surface area contributed by atoms with Gasteiger partial charge < -0.3 is 9.80 Å². The van der Waals surface area contributed by atoms with E-state index in [9.17, 15) is 13.2 Å². The Morgan fingerprint density at radius 3 is 1.57 bits per heavy atom. The van der Waals surface area contributed by atoms with Gasteiger partial charge in [0.15, 0.2) is 0 Å². The first-order chi connectivity index (χ1) is 24.5. The number of alkyl halides is 3. The predicted molar refractivity (Wildman–Crippen MR) is 204 cm³/mol. The Hall–Kier alpha value is -5.88. The van der Waals surface area contributed by atoms with Crippen LogP contribution >= 0.6 is 0 Å². The van der Waals surface area contributed by atoms with Crippen molar-refractivity contribution in [3.63, 3.8) is 0 Å². The maximum Gasteiger partial charge on any atom is 0.416 e. The minimum Gasteiger partial charge on any atom is -0.306 e. The number of anilines is 6. The smallest absolute Gasteiger partial charge is 0.306 e. The maximum absolute atomic E-state index is 13.6. The molecule has 0 radical (unpaired) electrons. The fourth-order valence-electron chi connectivity index (χ4n) is 7.09. The molecule has 252 valence electrons. The molecule has 0 bridgehead atoms. The van der Waals surface area contributed by atoms with Crippen LogP contribution in [0.3, 0.4) is 0 Å². The Bertz CT molecular complexity index is 2340. The molecule has 2 heterocycles. The van der Waals surface area contributed by atoms with Gasteiger partial charge in [-0.15, -0.1) is 0 Å². The van der Waals surface area contributed by atoms with Gasteiger partial charge in [0.05, 0.1) is 45.2 Å². The lowest BCUT2D eigenvalue weighted by Crippen LogP contribution is -2.24. The Morgan fingerprint density at radius 2 is 1.02 bits per heavy atom. The van der Waals surface area contributed by atoms with Gasteiger partial charge in [-0.3, -0.25) is 0 Å². The second-order valence-electron chi connectivity index (χ2n) is 14.1. The van der Waals surface area contributed by atoms with Crippen molar-refractivity contribution in [1.29, 1.82) is 0 Å². The Morgan fingerprint density at radius 1 is 0.510 bits per heavy atom. The quantitative estimate of drug-likeness (QED) is 0.185. The average molecular weight is 676 g/mol. The number of fused-ring (bicyclic) bond motifs is 3. The number of hydrogen-bond acceptors (Lipinski definition) is 3. The number of benzene rings is 6. The van der Waals surface area contributed by atoms with Gasteiger partial charge in [-0.05, 0) is 95.3 Å². The molecule has 0 spiro atoms. The predicted octanol–water partition coefficient (Wildman–Crippen LogP) is 13.4. The molecule has 0 N–H and O–H groups in total. The molecule has 51 heavy (non-hydrogen) atoms. The molecule has 3 nitrogen and oxygen atoms in total. The maximum atomic E-state index is 13.6. The summed E-state index contributed by atoms with van der Waals surface area (Å²) in [5, 5.41) is 0.993. The summed E-state index contributed by atoms with van der Waals surface area (Å²) in [6.07, 6.45) is -4.43. The van der Waals surface area contributed by atoms with Crippen LogP contribution in [0.15, 0.2) is 146 Å². The molecule has 6 aromatic carbocycles. The van der Waals surface area contributed by atoms with Crippen molar-refractivity contribution in [2.75, 3.05) is 9.80 Å². The first-order valence-corrected chi connectivity index (χ1v) is 17.1. The van der Waals surface area contributed by atoms with Crippen molar-refractivity contribution in [3.05, 3.63) is 162 Å². The van der Waals surface area contributed by atoms with Gasteiger partial charge in [-0.25, -0.2) is 4.98 Å². The van der Waals surface area contributed by atoms with E-state index >= 15 is 0 Å². The summed E-state index contributed by atoms with van der Waals surface area (Å²) in [5.74, 6) is 0. The van der Waals surface area contributed by atoms with E-state index in [1.807, 2.05) is 36.4 Å². The number of para-hydroxylation sites is 5. The van der Waals surface area contributed by atoms with Crippen molar-refractivity contribution in [2.24, 2.45) is 0 Å². The molecular formula is C45H36F3N3. The van der Waals surface area contributed by atoms with E-state index in [0.717, 1.165) is 73.9 Å². The van der Waals surface area contributed by atoms with Crippen LogP contribution in [-0.4, -0.2) is 4.98 Å². The fourth-order valence-corrected chi connectivity index (χ4v) is 7.09. The van der Waals surface area contributed by atoms with E-state index in [0.29, 0.717) is 11.3 Å². The van der Waals surface area contributed by atoms with Crippen LogP contribution in [0.4, 0.5) is 47.3 Å². The lowest BCUT2D eigenvalue weighted by Gasteiger charge is -2.40. The zero-order valence-corrected chi connectivity index (χ0v) is 28.8. The molecule has 6 heteroatoms.